The summed E-state index contributed by atoms with van der Waals surface area (Å²) in [5.74, 6) is -0.444. The van der Waals surface area contributed by atoms with Crippen molar-refractivity contribution in [3.63, 3.8) is 0 Å². The van der Waals surface area contributed by atoms with Crippen molar-refractivity contribution in [1.29, 1.82) is 0 Å². The van der Waals surface area contributed by atoms with Crippen LogP contribution < -0.4 is 4.31 Å². The number of sulfonamides is 1. The quantitative estimate of drug-likeness (QED) is 0.702. The van der Waals surface area contributed by atoms with Gasteiger partial charge in [0.05, 0.1) is 11.4 Å². The maximum absolute atomic E-state index is 13.0. The molecule has 1 aromatic carbocycles. The number of benzene rings is 1. The lowest BCUT2D eigenvalue weighted by Crippen LogP contribution is -2.28. The summed E-state index contributed by atoms with van der Waals surface area (Å²) in [5, 5.41) is 5.76. The van der Waals surface area contributed by atoms with Crippen LogP contribution in [0, 0.1) is 13.8 Å². The van der Waals surface area contributed by atoms with Gasteiger partial charge in [-0.2, -0.15) is 5.10 Å². The number of hydrogen-bond acceptors (Lipinski definition) is 5. The zero-order chi connectivity index (χ0) is 18.2. The second-order valence-corrected chi connectivity index (χ2v) is 8.42. The molecule has 0 N–H and O–H groups in total. The van der Waals surface area contributed by atoms with E-state index in [1.165, 1.54) is 22.1 Å². The number of aromatic nitrogens is 2. The van der Waals surface area contributed by atoms with E-state index in [0.29, 0.717) is 17.1 Å². The summed E-state index contributed by atoms with van der Waals surface area (Å²) >= 11 is 1.09. The van der Waals surface area contributed by atoms with Crippen LogP contribution in [-0.4, -0.2) is 31.2 Å². The Bertz CT molecular complexity index is 1020. The molecule has 6 nitrogen and oxygen atoms in total. The van der Waals surface area contributed by atoms with Gasteiger partial charge < -0.3 is 0 Å². The molecule has 0 aliphatic heterocycles. The summed E-state index contributed by atoms with van der Waals surface area (Å²) in [4.78, 5) is 12.9. The number of carbonyl (C=O) groups is 1. The molecule has 0 radical (unpaired) electrons. The van der Waals surface area contributed by atoms with Crippen LogP contribution in [0.2, 0.25) is 0 Å². The highest BCUT2D eigenvalue weighted by atomic mass is 32.2. The van der Waals surface area contributed by atoms with E-state index in [4.69, 9.17) is 0 Å². The highest BCUT2D eigenvalue weighted by Gasteiger charge is 2.29. The topological polar surface area (TPSA) is 72.3 Å². The molecule has 3 aromatic rings. The van der Waals surface area contributed by atoms with Crippen LogP contribution >= 0.6 is 11.3 Å². The molecular weight excluding hydrogens is 358 g/mol. The van der Waals surface area contributed by atoms with Gasteiger partial charge in [0.2, 0.25) is 0 Å². The third-order valence-electron chi connectivity index (χ3n) is 3.78. The molecule has 8 heteroatoms. The molecule has 3 rings (SSSR count). The van der Waals surface area contributed by atoms with Gasteiger partial charge in [0.1, 0.15) is 9.77 Å². The minimum absolute atomic E-state index is 0.0126. The molecule has 0 amide bonds. The molecule has 25 heavy (non-hydrogen) atoms. The van der Waals surface area contributed by atoms with Crippen molar-refractivity contribution >= 4 is 33.0 Å². The number of rotatable bonds is 4. The Morgan fingerprint density at radius 1 is 1.16 bits per heavy atom. The van der Waals surface area contributed by atoms with Gasteiger partial charge in [-0.1, -0.05) is 18.2 Å². The first-order valence-electron chi connectivity index (χ1n) is 7.52. The Labute approximate surface area is 150 Å². The lowest BCUT2D eigenvalue weighted by Gasteiger charge is -2.19. The van der Waals surface area contributed by atoms with Gasteiger partial charge in [0, 0.05) is 12.7 Å². The normalized spacial score (nSPS) is 11.5. The SMILES string of the molecule is Cc1cc(C)n(C(=O)c2sccc2S(=O)(=O)N(C)c2ccccc2)n1. The smallest absolute Gasteiger partial charge is 0.269 e. The van der Waals surface area contributed by atoms with Crippen molar-refractivity contribution in [3.8, 4) is 0 Å². The van der Waals surface area contributed by atoms with Crippen molar-refractivity contribution in [2.45, 2.75) is 18.7 Å². The molecule has 130 valence electrons. The van der Waals surface area contributed by atoms with Crippen LogP contribution in [0.5, 0.6) is 0 Å². The van der Waals surface area contributed by atoms with Gasteiger partial charge in [-0.3, -0.25) is 9.10 Å². The second kappa shape index (κ2) is 6.45. The van der Waals surface area contributed by atoms with E-state index in [9.17, 15) is 13.2 Å². The number of para-hydroxylation sites is 1. The van der Waals surface area contributed by atoms with E-state index >= 15 is 0 Å². The van der Waals surface area contributed by atoms with Crippen LogP contribution in [-0.2, 0) is 10.0 Å². The second-order valence-electron chi connectivity index (χ2n) is 5.57. The van der Waals surface area contributed by atoms with E-state index in [2.05, 4.69) is 5.10 Å². The van der Waals surface area contributed by atoms with Crippen LogP contribution in [0.1, 0.15) is 21.1 Å². The minimum atomic E-state index is -3.86. The van der Waals surface area contributed by atoms with E-state index in [0.717, 1.165) is 11.3 Å². The first kappa shape index (κ1) is 17.4. The van der Waals surface area contributed by atoms with Gasteiger partial charge in [-0.05, 0) is 43.5 Å². The average Bonchev–Trinajstić information content (AvgIpc) is 3.21. The molecule has 0 fully saturated rings. The Morgan fingerprint density at radius 3 is 2.44 bits per heavy atom. The van der Waals surface area contributed by atoms with Gasteiger partial charge in [-0.25, -0.2) is 13.1 Å². The monoisotopic (exact) mass is 375 g/mol. The van der Waals surface area contributed by atoms with Gasteiger partial charge >= 0.3 is 0 Å². The molecule has 0 atom stereocenters. The molecule has 0 unspecified atom stereocenters. The fraction of sp³-hybridized carbons (Fsp3) is 0.176. The molecule has 0 bridgehead atoms. The van der Waals surface area contributed by atoms with Crippen LogP contribution in [0.25, 0.3) is 0 Å². The van der Waals surface area contributed by atoms with E-state index in [1.807, 2.05) is 6.07 Å². The summed E-state index contributed by atoms with van der Waals surface area (Å²) in [6.45, 7) is 3.54. The number of anilines is 1. The predicted octanol–water partition coefficient (Wildman–Crippen LogP) is 3.08. The van der Waals surface area contributed by atoms with E-state index < -0.39 is 15.9 Å². The lowest BCUT2D eigenvalue weighted by atomic mass is 10.3. The van der Waals surface area contributed by atoms with Crippen molar-refractivity contribution in [2.75, 3.05) is 11.4 Å². The first-order chi connectivity index (χ1) is 11.8. The summed E-state index contributed by atoms with van der Waals surface area (Å²) < 4.78 is 28.4. The van der Waals surface area contributed by atoms with Crippen LogP contribution in [0.15, 0.2) is 52.7 Å². The maximum Gasteiger partial charge on any atom is 0.289 e. The van der Waals surface area contributed by atoms with Crippen molar-refractivity contribution in [1.82, 2.24) is 9.78 Å². The fourth-order valence-corrected chi connectivity index (χ4v) is 5.03. The molecule has 2 heterocycles. The molecule has 2 aromatic heterocycles. The van der Waals surface area contributed by atoms with E-state index in [1.54, 1.807) is 49.6 Å². The number of aryl methyl sites for hydroxylation is 2. The Balaban J connectivity index is 2.04. The number of nitrogens with zero attached hydrogens (tertiary/aromatic N) is 3. The maximum atomic E-state index is 13.0. The summed E-state index contributed by atoms with van der Waals surface area (Å²) in [7, 11) is -2.38. The third-order valence-corrected chi connectivity index (χ3v) is 6.64. The zero-order valence-electron chi connectivity index (χ0n) is 14.0. The van der Waals surface area contributed by atoms with Gasteiger partial charge in [0.25, 0.3) is 15.9 Å². The van der Waals surface area contributed by atoms with Crippen LogP contribution in [0.4, 0.5) is 5.69 Å². The standard InChI is InChI=1S/C17H17N3O3S2/c1-12-11-13(2)20(18-12)17(21)16-15(9-10-24-16)25(22,23)19(3)14-7-5-4-6-8-14/h4-11H,1-3H3. The van der Waals surface area contributed by atoms with Crippen molar-refractivity contribution < 1.29 is 13.2 Å². The van der Waals surface area contributed by atoms with E-state index in [-0.39, 0.29) is 9.77 Å². The number of hydrogen-bond donors (Lipinski definition) is 0. The zero-order valence-corrected chi connectivity index (χ0v) is 15.6. The number of carbonyl (C=O) groups excluding carboxylic acids is 1. The highest BCUT2D eigenvalue weighted by molar-refractivity contribution is 7.93. The predicted molar refractivity (Wildman–Crippen MR) is 97.8 cm³/mol. The summed E-state index contributed by atoms with van der Waals surface area (Å²) in [6.07, 6.45) is 0. The Kier molecular flexibility index (Phi) is 4.49. The molecule has 0 saturated carbocycles. The molecule has 0 aliphatic carbocycles. The number of thiophene rings is 1. The lowest BCUT2D eigenvalue weighted by molar-refractivity contribution is 0.0943. The largest absolute Gasteiger partial charge is 0.289 e. The van der Waals surface area contributed by atoms with Gasteiger partial charge in [-0.15, -0.1) is 11.3 Å². The van der Waals surface area contributed by atoms with Crippen molar-refractivity contribution in [2.24, 2.45) is 0 Å². The van der Waals surface area contributed by atoms with Gasteiger partial charge in [0.15, 0.2) is 0 Å². The molecular formula is C17H17N3O3S2. The first-order valence-corrected chi connectivity index (χ1v) is 9.84. The Morgan fingerprint density at radius 2 is 1.84 bits per heavy atom. The summed E-state index contributed by atoms with van der Waals surface area (Å²) in [6, 6.07) is 12.0. The molecule has 0 spiro atoms. The van der Waals surface area contributed by atoms with Crippen molar-refractivity contribution in [3.05, 3.63) is 64.1 Å². The molecule has 0 saturated heterocycles. The summed E-state index contributed by atoms with van der Waals surface area (Å²) in [5.41, 5.74) is 1.89. The highest BCUT2D eigenvalue weighted by Crippen LogP contribution is 2.28. The third kappa shape index (κ3) is 3.10. The Hall–Kier alpha value is -2.45. The fourth-order valence-electron chi connectivity index (χ4n) is 2.51. The van der Waals surface area contributed by atoms with Crippen LogP contribution in [0.3, 0.4) is 0 Å². The molecule has 0 aliphatic rings. The minimum Gasteiger partial charge on any atom is -0.269 e. The average molecular weight is 375 g/mol.